The first-order valence-electron chi connectivity index (χ1n) is 5.22. The number of nitrogens with one attached hydrogen (secondary N) is 1. The first kappa shape index (κ1) is 13.5. The van der Waals surface area contributed by atoms with Gasteiger partial charge in [-0.25, -0.2) is 4.39 Å². The second kappa shape index (κ2) is 5.35. The Hall–Kier alpha value is -1.96. The number of nitriles is 1. The molecular formula is C13H8Cl2FN3. The van der Waals surface area contributed by atoms with E-state index in [1.165, 1.54) is 24.3 Å². The minimum absolute atomic E-state index is 0.174. The molecule has 0 aliphatic carbocycles. The van der Waals surface area contributed by atoms with Crippen molar-refractivity contribution in [2.75, 3.05) is 11.1 Å². The second-order valence-corrected chi connectivity index (χ2v) is 4.61. The number of benzene rings is 2. The van der Waals surface area contributed by atoms with Gasteiger partial charge in [0.2, 0.25) is 0 Å². The molecule has 0 fully saturated rings. The molecule has 0 saturated heterocycles. The Labute approximate surface area is 119 Å². The average molecular weight is 296 g/mol. The lowest BCUT2D eigenvalue weighted by Crippen LogP contribution is -1.97. The summed E-state index contributed by atoms with van der Waals surface area (Å²) in [6.07, 6.45) is 0. The third-order valence-electron chi connectivity index (χ3n) is 2.42. The first-order chi connectivity index (χ1) is 9.01. The number of nitrogens with zero attached hydrogens (tertiary/aromatic N) is 1. The highest BCUT2D eigenvalue weighted by Gasteiger charge is 2.10. The molecule has 0 bridgehead atoms. The van der Waals surface area contributed by atoms with E-state index in [1.807, 2.05) is 6.07 Å². The molecular weight excluding hydrogens is 288 g/mol. The van der Waals surface area contributed by atoms with Gasteiger partial charge in [0.15, 0.2) is 0 Å². The Kier molecular flexibility index (Phi) is 3.79. The van der Waals surface area contributed by atoms with E-state index in [2.05, 4.69) is 5.32 Å². The van der Waals surface area contributed by atoms with Crippen molar-refractivity contribution < 1.29 is 4.39 Å². The van der Waals surface area contributed by atoms with Crippen LogP contribution >= 0.6 is 23.2 Å². The topological polar surface area (TPSA) is 61.8 Å². The lowest BCUT2D eigenvalue weighted by Gasteiger charge is -2.12. The molecule has 0 aliphatic rings. The molecule has 0 radical (unpaired) electrons. The molecule has 3 N–H and O–H groups in total. The minimum Gasteiger partial charge on any atom is -0.399 e. The van der Waals surface area contributed by atoms with Gasteiger partial charge in [-0.3, -0.25) is 0 Å². The van der Waals surface area contributed by atoms with Gasteiger partial charge >= 0.3 is 0 Å². The van der Waals surface area contributed by atoms with Crippen LogP contribution < -0.4 is 11.1 Å². The van der Waals surface area contributed by atoms with Crippen molar-refractivity contribution in [3.8, 4) is 6.07 Å². The van der Waals surface area contributed by atoms with Crippen molar-refractivity contribution in [3.05, 3.63) is 51.8 Å². The molecule has 0 amide bonds. The summed E-state index contributed by atoms with van der Waals surface area (Å²) in [6, 6.07) is 8.93. The number of halogens is 3. The zero-order chi connectivity index (χ0) is 14.0. The molecule has 2 aromatic carbocycles. The number of nitrogen functional groups attached to an aromatic ring is 1. The molecule has 0 unspecified atom stereocenters. The van der Waals surface area contributed by atoms with Crippen molar-refractivity contribution in [1.82, 2.24) is 0 Å². The summed E-state index contributed by atoms with van der Waals surface area (Å²) in [7, 11) is 0. The van der Waals surface area contributed by atoms with Gasteiger partial charge in [0, 0.05) is 5.69 Å². The molecule has 0 atom stereocenters. The Bertz CT molecular complexity index is 657. The predicted molar refractivity (Wildman–Crippen MR) is 75.3 cm³/mol. The van der Waals surface area contributed by atoms with Crippen LogP contribution in [-0.4, -0.2) is 0 Å². The van der Waals surface area contributed by atoms with E-state index in [-0.39, 0.29) is 21.3 Å². The van der Waals surface area contributed by atoms with Crippen LogP contribution in [0.4, 0.5) is 21.5 Å². The third-order valence-corrected chi connectivity index (χ3v) is 3.02. The smallest absolute Gasteiger partial charge is 0.147 e. The van der Waals surface area contributed by atoms with Gasteiger partial charge in [-0.1, -0.05) is 23.2 Å². The van der Waals surface area contributed by atoms with Gasteiger partial charge in [-0.05, 0) is 30.3 Å². The number of rotatable bonds is 2. The number of nitrogens with two attached hydrogens (primary N) is 1. The fourth-order valence-electron chi connectivity index (χ4n) is 1.53. The van der Waals surface area contributed by atoms with Crippen molar-refractivity contribution >= 4 is 40.3 Å². The Morgan fingerprint density at radius 3 is 2.32 bits per heavy atom. The van der Waals surface area contributed by atoms with Crippen LogP contribution in [0.3, 0.4) is 0 Å². The fourth-order valence-corrected chi connectivity index (χ4v) is 2.13. The maximum absolute atomic E-state index is 13.7. The molecule has 3 nitrogen and oxygen atoms in total. The normalized spacial score (nSPS) is 10.0. The third kappa shape index (κ3) is 2.90. The van der Waals surface area contributed by atoms with E-state index in [1.54, 1.807) is 0 Å². The molecule has 96 valence electrons. The lowest BCUT2D eigenvalue weighted by molar-refractivity contribution is 0.631. The van der Waals surface area contributed by atoms with Crippen LogP contribution in [0.25, 0.3) is 0 Å². The average Bonchev–Trinajstić information content (AvgIpc) is 2.35. The van der Waals surface area contributed by atoms with Crippen molar-refractivity contribution in [2.45, 2.75) is 0 Å². The summed E-state index contributed by atoms with van der Waals surface area (Å²) in [4.78, 5) is 0. The molecule has 0 aromatic heterocycles. The van der Waals surface area contributed by atoms with Crippen LogP contribution in [0, 0.1) is 17.1 Å². The SMILES string of the molecule is N#Cc1ccc(Nc2c(Cl)cc(N)cc2Cl)c(F)c1. The zero-order valence-electron chi connectivity index (χ0n) is 9.55. The minimum atomic E-state index is -0.567. The molecule has 19 heavy (non-hydrogen) atoms. The van der Waals surface area contributed by atoms with Crippen LogP contribution in [0.5, 0.6) is 0 Å². The second-order valence-electron chi connectivity index (χ2n) is 3.79. The Balaban J connectivity index is 2.40. The monoisotopic (exact) mass is 295 g/mol. The summed E-state index contributed by atoms with van der Waals surface area (Å²) in [6.45, 7) is 0. The van der Waals surface area contributed by atoms with Gasteiger partial charge < -0.3 is 11.1 Å². The Morgan fingerprint density at radius 2 is 1.79 bits per heavy atom. The van der Waals surface area contributed by atoms with Gasteiger partial charge in [-0.15, -0.1) is 0 Å². The van der Waals surface area contributed by atoms with Crippen molar-refractivity contribution in [2.24, 2.45) is 0 Å². The maximum atomic E-state index is 13.7. The molecule has 2 aromatic rings. The number of anilines is 3. The molecule has 2 rings (SSSR count). The summed E-state index contributed by atoms with van der Waals surface area (Å²) in [5.41, 5.74) is 6.77. The fraction of sp³-hybridized carbons (Fsp3) is 0. The quantitative estimate of drug-likeness (QED) is 0.811. The van der Waals surface area contributed by atoms with Crippen molar-refractivity contribution in [1.29, 1.82) is 5.26 Å². The van der Waals surface area contributed by atoms with E-state index in [4.69, 9.17) is 34.2 Å². The van der Waals surface area contributed by atoms with Gasteiger partial charge in [0.05, 0.1) is 33.1 Å². The van der Waals surface area contributed by atoms with Gasteiger partial charge in [-0.2, -0.15) is 5.26 Å². The summed E-state index contributed by atoms with van der Waals surface area (Å²) in [5, 5.41) is 12.0. The predicted octanol–water partition coefficient (Wildman–Crippen LogP) is 4.33. The highest BCUT2D eigenvalue weighted by molar-refractivity contribution is 6.39. The standard InChI is InChI=1S/C13H8Cl2FN3/c14-9-4-8(18)5-10(15)13(9)19-12-2-1-7(6-17)3-11(12)16/h1-5,19H,18H2. The van der Waals surface area contributed by atoms with E-state index in [0.29, 0.717) is 11.4 Å². The van der Waals surface area contributed by atoms with E-state index >= 15 is 0 Å². The summed E-state index contributed by atoms with van der Waals surface area (Å²) < 4.78 is 13.7. The van der Waals surface area contributed by atoms with Crippen LogP contribution in [0.15, 0.2) is 30.3 Å². The number of hydrogen-bond acceptors (Lipinski definition) is 3. The maximum Gasteiger partial charge on any atom is 0.147 e. The molecule has 0 spiro atoms. The van der Waals surface area contributed by atoms with Crippen LogP contribution in [-0.2, 0) is 0 Å². The van der Waals surface area contributed by atoms with Gasteiger partial charge in [0.1, 0.15) is 5.82 Å². The first-order valence-corrected chi connectivity index (χ1v) is 5.98. The van der Waals surface area contributed by atoms with E-state index in [0.717, 1.165) is 6.07 Å². The van der Waals surface area contributed by atoms with Crippen LogP contribution in [0.1, 0.15) is 5.56 Å². The van der Waals surface area contributed by atoms with Crippen molar-refractivity contribution in [3.63, 3.8) is 0 Å². The highest BCUT2D eigenvalue weighted by Crippen LogP contribution is 2.35. The number of hydrogen-bond donors (Lipinski definition) is 2. The zero-order valence-corrected chi connectivity index (χ0v) is 11.1. The van der Waals surface area contributed by atoms with Gasteiger partial charge in [0.25, 0.3) is 0 Å². The molecule has 0 aliphatic heterocycles. The largest absolute Gasteiger partial charge is 0.399 e. The van der Waals surface area contributed by atoms with E-state index in [9.17, 15) is 4.39 Å². The van der Waals surface area contributed by atoms with E-state index < -0.39 is 5.82 Å². The van der Waals surface area contributed by atoms with Crippen LogP contribution in [0.2, 0.25) is 10.0 Å². The molecule has 0 heterocycles. The highest BCUT2D eigenvalue weighted by atomic mass is 35.5. The summed E-state index contributed by atoms with van der Waals surface area (Å²) >= 11 is 12.0. The lowest BCUT2D eigenvalue weighted by atomic mass is 10.2. The molecule has 0 saturated carbocycles. The Morgan fingerprint density at radius 1 is 1.16 bits per heavy atom. The molecule has 6 heteroatoms. The summed E-state index contributed by atoms with van der Waals surface area (Å²) in [5.74, 6) is -0.567.